The number of aromatic nitrogens is 1. The molecule has 2 aliphatic heterocycles. The second-order valence-corrected chi connectivity index (χ2v) is 7.62. The molecule has 3 heterocycles. The fourth-order valence-electron chi connectivity index (χ4n) is 4.81. The number of H-pyrrole nitrogens is 1. The Labute approximate surface area is 159 Å². The number of hydrogen-bond donors (Lipinski definition) is 3. The largest absolute Gasteiger partial charge is 0.371 e. The van der Waals surface area contributed by atoms with E-state index in [9.17, 15) is 0 Å². The molecular formula is C22H26N4O. The molecule has 27 heavy (non-hydrogen) atoms. The first-order valence-electron chi connectivity index (χ1n) is 9.78. The van der Waals surface area contributed by atoms with Gasteiger partial charge in [-0.1, -0.05) is 18.2 Å². The zero-order valence-corrected chi connectivity index (χ0v) is 15.7. The van der Waals surface area contributed by atoms with Crippen LogP contribution < -0.4 is 15.7 Å². The minimum atomic E-state index is 0.0840. The molecule has 2 aromatic carbocycles. The molecule has 140 valence electrons. The van der Waals surface area contributed by atoms with Gasteiger partial charge in [-0.05, 0) is 55.2 Å². The molecule has 3 aromatic rings. The summed E-state index contributed by atoms with van der Waals surface area (Å²) < 4.78 is 0. The lowest BCUT2D eigenvalue weighted by Gasteiger charge is -2.45. The van der Waals surface area contributed by atoms with E-state index in [1.165, 1.54) is 27.8 Å². The van der Waals surface area contributed by atoms with E-state index in [0.29, 0.717) is 0 Å². The van der Waals surface area contributed by atoms with Crippen LogP contribution >= 0.6 is 0 Å². The molecule has 0 saturated carbocycles. The molecule has 5 nitrogen and oxygen atoms in total. The van der Waals surface area contributed by atoms with Crippen molar-refractivity contribution in [1.82, 2.24) is 10.3 Å². The number of benzene rings is 2. The molecule has 0 amide bonds. The van der Waals surface area contributed by atoms with E-state index in [0.717, 1.165) is 44.6 Å². The van der Waals surface area contributed by atoms with E-state index in [-0.39, 0.29) is 5.54 Å². The number of hydrogen-bond acceptors (Lipinski definition) is 4. The Morgan fingerprint density at radius 1 is 1.04 bits per heavy atom. The summed E-state index contributed by atoms with van der Waals surface area (Å²) in [6.45, 7) is 3.17. The van der Waals surface area contributed by atoms with Crippen molar-refractivity contribution in [2.45, 2.75) is 24.8 Å². The van der Waals surface area contributed by atoms with Crippen LogP contribution in [0.15, 0.2) is 48.5 Å². The Bertz CT molecular complexity index is 939. The van der Waals surface area contributed by atoms with Gasteiger partial charge in [0.05, 0.1) is 18.3 Å². The fourth-order valence-corrected chi connectivity index (χ4v) is 4.81. The minimum Gasteiger partial charge on any atom is -0.371 e. The zero-order valence-electron chi connectivity index (χ0n) is 15.7. The third-order valence-corrected chi connectivity index (χ3v) is 6.20. The molecule has 5 heteroatoms. The van der Waals surface area contributed by atoms with Crippen molar-refractivity contribution in [2.24, 2.45) is 0 Å². The maximum atomic E-state index is 4.97. The predicted octanol–water partition coefficient (Wildman–Crippen LogP) is 3.78. The average molecular weight is 362 g/mol. The van der Waals surface area contributed by atoms with E-state index in [2.05, 4.69) is 69.2 Å². The predicted molar refractivity (Wildman–Crippen MR) is 110 cm³/mol. The van der Waals surface area contributed by atoms with Gasteiger partial charge in [0.1, 0.15) is 0 Å². The molecule has 1 saturated heterocycles. The molecule has 5 rings (SSSR count). The quantitative estimate of drug-likeness (QED) is 0.621. The number of fused-ring (bicyclic) bond motifs is 4. The molecule has 1 spiro atoms. The van der Waals surface area contributed by atoms with Crippen LogP contribution in [0.3, 0.4) is 0 Å². The third kappa shape index (κ3) is 2.78. The Kier molecular flexibility index (Phi) is 4.06. The van der Waals surface area contributed by atoms with Crippen LogP contribution in [0.5, 0.6) is 0 Å². The van der Waals surface area contributed by atoms with E-state index in [4.69, 9.17) is 4.84 Å². The van der Waals surface area contributed by atoms with Gasteiger partial charge in [-0.2, -0.15) is 0 Å². The van der Waals surface area contributed by atoms with E-state index < -0.39 is 0 Å². The molecule has 3 N–H and O–H groups in total. The van der Waals surface area contributed by atoms with Gasteiger partial charge in [-0.15, -0.1) is 0 Å². The summed E-state index contributed by atoms with van der Waals surface area (Å²) in [7, 11) is 1.63. The lowest BCUT2D eigenvalue weighted by atomic mass is 9.79. The van der Waals surface area contributed by atoms with Gasteiger partial charge in [0, 0.05) is 41.9 Å². The van der Waals surface area contributed by atoms with Crippen molar-refractivity contribution in [3.63, 3.8) is 0 Å². The normalized spacial score (nSPS) is 18.6. The fraction of sp³-hybridized carbons (Fsp3) is 0.364. The van der Waals surface area contributed by atoms with Crippen LogP contribution in [-0.4, -0.2) is 31.7 Å². The van der Waals surface area contributed by atoms with Crippen molar-refractivity contribution < 1.29 is 4.84 Å². The summed E-state index contributed by atoms with van der Waals surface area (Å²) in [6, 6.07) is 17.2. The highest BCUT2D eigenvalue weighted by Gasteiger charge is 2.41. The molecule has 1 fully saturated rings. The Morgan fingerprint density at radius 3 is 2.59 bits per heavy atom. The average Bonchev–Trinajstić information content (AvgIpc) is 3.10. The minimum absolute atomic E-state index is 0.0840. The highest BCUT2D eigenvalue weighted by Crippen LogP contribution is 2.40. The lowest BCUT2D eigenvalue weighted by Crippen LogP contribution is -2.54. The van der Waals surface area contributed by atoms with Gasteiger partial charge in [0.25, 0.3) is 0 Å². The number of piperidine rings is 1. The molecule has 0 radical (unpaired) electrons. The SMILES string of the molecule is CONc1ccc(N2CCC3(CC2)NCCc2c3[nH]c3ccccc23)cc1. The van der Waals surface area contributed by atoms with Gasteiger partial charge in [0.15, 0.2) is 0 Å². The number of nitrogens with zero attached hydrogens (tertiary/aromatic N) is 1. The standard InChI is InChI=1S/C22H26N4O/c1-27-25-16-6-8-17(9-7-16)26-14-11-22(12-15-26)21-19(10-13-23-22)18-4-2-3-5-20(18)24-21/h2-9,23-25H,10-15H2,1H3. The molecule has 0 aliphatic carbocycles. The Balaban J connectivity index is 1.39. The van der Waals surface area contributed by atoms with Gasteiger partial charge in [0.2, 0.25) is 0 Å². The monoisotopic (exact) mass is 362 g/mol. The molecule has 0 unspecified atom stereocenters. The van der Waals surface area contributed by atoms with Crippen molar-refractivity contribution >= 4 is 22.3 Å². The summed E-state index contributed by atoms with van der Waals surface area (Å²) in [5, 5.41) is 5.27. The molecule has 0 bridgehead atoms. The third-order valence-electron chi connectivity index (χ3n) is 6.20. The van der Waals surface area contributed by atoms with Crippen molar-refractivity contribution in [1.29, 1.82) is 0 Å². The highest BCUT2D eigenvalue weighted by molar-refractivity contribution is 5.85. The maximum absolute atomic E-state index is 4.97. The van der Waals surface area contributed by atoms with Crippen molar-refractivity contribution in [3.05, 3.63) is 59.8 Å². The summed E-state index contributed by atoms with van der Waals surface area (Å²) in [5.41, 5.74) is 9.43. The van der Waals surface area contributed by atoms with Crippen LogP contribution in [0.4, 0.5) is 11.4 Å². The number of anilines is 2. The first-order valence-corrected chi connectivity index (χ1v) is 9.78. The molecule has 2 aliphatic rings. The summed E-state index contributed by atoms with van der Waals surface area (Å²) >= 11 is 0. The first kappa shape index (κ1) is 16.7. The number of para-hydroxylation sites is 1. The lowest BCUT2D eigenvalue weighted by molar-refractivity contribution is 0.245. The van der Waals surface area contributed by atoms with E-state index in [1.807, 2.05) is 0 Å². The van der Waals surface area contributed by atoms with Crippen molar-refractivity contribution in [3.8, 4) is 0 Å². The van der Waals surface area contributed by atoms with Crippen molar-refractivity contribution in [2.75, 3.05) is 37.1 Å². The Hall–Kier alpha value is -2.50. The van der Waals surface area contributed by atoms with Crippen LogP contribution in [0.25, 0.3) is 10.9 Å². The molecular weight excluding hydrogens is 336 g/mol. The summed E-state index contributed by atoms with van der Waals surface area (Å²) in [5.74, 6) is 0. The first-order chi connectivity index (χ1) is 13.3. The van der Waals surface area contributed by atoms with E-state index in [1.54, 1.807) is 7.11 Å². The van der Waals surface area contributed by atoms with Crippen LogP contribution in [0.2, 0.25) is 0 Å². The topological polar surface area (TPSA) is 52.3 Å². The number of rotatable bonds is 3. The summed E-state index contributed by atoms with van der Waals surface area (Å²) in [6.07, 6.45) is 3.34. The maximum Gasteiger partial charge on any atom is 0.0636 e. The number of aromatic amines is 1. The second-order valence-electron chi connectivity index (χ2n) is 7.62. The highest BCUT2D eigenvalue weighted by atomic mass is 16.6. The second kappa shape index (κ2) is 6.59. The number of nitrogens with one attached hydrogen (secondary N) is 3. The van der Waals surface area contributed by atoms with Crippen LogP contribution in [0.1, 0.15) is 24.1 Å². The van der Waals surface area contributed by atoms with Gasteiger partial charge in [-0.3, -0.25) is 10.3 Å². The van der Waals surface area contributed by atoms with Crippen LogP contribution in [0, 0.1) is 0 Å². The smallest absolute Gasteiger partial charge is 0.0636 e. The molecule has 1 aromatic heterocycles. The molecule has 0 atom stereocenters. The van der Waals surface area contributed by atoms with E-state index >= 15 is 0 Å². The van der Waals surface area contributed by atoms with Gasteiger partial charge >= 0.3 is 0 Å². The van der Waals surface area contributed by atoms with Crippen LogP contribution in [-0.2, 0) is 16.8 Å². The summed E-state index contributed by atoms with van der Waals surface area (Å²) in [4.78, 5) is 11.2. The Morgan fingerprint density at radius 2 is 1.81 bits per heavy atom. The van der Waals surface area contributed by atoms with Gasteiger partial charge < -0.3 is 15.2 Å². The van der Waals surface area contributed by atoms with Gasteiger partial charge in [-0.25, -0.2) is 0 Å². The zero-order chi connectivity index (χ0) is 18.3.